The summed E-state index contributed by atoms with van der Waals surface area (Å²) in [5, 5.41) is 6.01. The predicted molar refractivity (Wildman–Crippen MR) is 141 cm³/mol. The molecule has 3 aromatic carbocycles. The number of amides is 2. The lowest BCUT2D eigenvalue weighted by Gasteiger charge is -2.13. The lowest BCUT2D eigenvalue weighted by atomic mass is 10.1. The first kappa shape index (κ1) is 26.3. The molecule has 0 aliphatic heterocycles. The smallest absolute Gasteiger partial charge is 0.316 e. The molecule has 2 amide bonds. The normalized spacial score (nSPS) is 11.0. The third-order valence-electron chi connectivity index (χ3n) is 4.56. The van der Waals surface area contributed by atoms with E-state index in [9.17, 15) is 14.4 Å². The van der Waals surface area contributed by atoms with Crippen LogP contribution in [-0.2, 0) is 14.3 Å². The second kappa shape index (κ2) is 13.0. The van der Waals surface area contributed by atoms with Gasteiger partial charge in [-0.25, -0.2) is 0 Å². The lowest BCUT2D eigenvalue weighted by Crippen LogP contribution is -2.30. The average molecular weight is 529 g/mol. The van der Waals surface area contributed by atoms with Gasteiger partial charge in [0.05, 0.1) is 22.4 Å². The number of nitrogens with one attached hydrogen (secondary N) is 2. The first-order valence-corrected chi connectivity index (χ1v) is 12.3. The van der Waals surface area contributed by atoms with Gasteiger partial charge in [0.1, 0.15) is 5.70 Å². The van der Waals surface area contributed by atoms with Crippen LogP contribution in [0.2, 0.25) is 10.0 Å². The van der Waals surface area contributed by atoms with Crippen LogP contribution in [0.15, 0.2) is 83.4 Å². The van der Waals surface area contributed by atoms with Crippen molar-refractivity contribution in [2.24, 2.45) is 0 Å². The summed E-state index contributed by atoms with van der Waals surface area (Å²) >= 11 is 13.7. The fourth-order valence-corrected chi connectivity index (χ4v) is 4.05. The van der Waals surface area contributed by atoms with E-state index in [0.717, 1.165) is 4.90 Å². The van der Waals surface area contributed by atoms with Crippen LogP contribution in [0.1, 0.15) is 22.8 Å². The predicted octanol–water partition coefficient (Wildman–Crippen LogP) is 6.06. The maximum Gasteiger partial charge on any atom is 0.316 e. The molecule has 35 heavy (non-hydrogen) atoms. The molecule has 0 saturated carbocycles. The summed E-state index contributed by atoms with van der Waals surface area (Å²) in [6.07, 6.45) is 1.46. The van der Waals surface area contributed by atoms with Crippen LogP contribution >= 0.6 is 35.0 Å². The number of hydrogen-bond donors (Lipinski definition) is 2. The van der Waals surface area contributed by atoms with Crippen molar-refractivity contribution in [2.45, 2.75) is 11.8 Å². The molecular weight excluding hydrogens is 507 g/mol. The monoisotopic (exact) mass is 528 g/mol. The zero-order valence-electron chi connectivity index (χ0n) is 18.7. The van der Waals surface area contributed by atoms with Gasteiger partial charge in [0, 0.05) is 16.1 Å². The van der Waals surface area contributed by atoms with E-state index in [4.69, 9.17) is 27.9 Å². The number of hydrogen-bond acceptors (Lipinski definition) is 5. The standard InChI is InChI=1S/C26H22Cl2N2O4S/c1-2-34-23(31)16-35-20-12-7-11-19(15-20)29-26(33)22(14-18-10-6-13-21(27)24(18)28)30-25(32)17-8-4-3-5-9-17/h3-15H,2,16H2,1H3,(H,29,33)(H,30,32)/b22-14+. The fraction of sp³-hybridized carbons (Fsp3) is 0.115. The van der Waals surface area contributed by atoms with Gasteiger partial charge in [0.15, 0.2) is 0 Å². The maximum absolute atomic E-state index is 13.2. The van der Waals surface area contributed by atoms with E-state index in [2.05, 4.69) is 10.6 Å². The third kappa shape index (κ3) is 7.89. The number of benzene rings is 3. The van der Waals surface area contributed by atoms with E-state index in [0.29, 0.717) is 28.4 Å². The van der Waals surface area contributed by atoms with E-state index in [-0.39, 0.29) is 22.4 Å². The molecule has 180 valence electrons. The number of rotatable bonds is 9. The molecule has 0 atom stereocenters. The molecule has 0 bridgehead atoms. The van der Waals surface area contributed by atoms with Gasteiger partial charge in [0.25, 0.3) is 11.8 Å². The fourth-order valence-electron chi connectivity index (χ4n) is 2.94. The molecule has 0 fully saturated rings. The SMILES string of the molecule is CCOC(=O)CSc1cccc(NC(=O)/C(=C\c2cccc(Cl)c2Cl)NC(=O)c2ccccc2)c1. The molecule has 6 nitrogen and oxygen atoms in total. The average Bonchev–Trinajstić information content (AvgIpc) is 2.86. The van der Waals surface area contributed by atoms with Crippen molar-refractivity contribution in [3.63, 3.8) is 0 Å². The van der Waals surface area contributed by atoms with Gasteiger partial charge < -0.3 is 15.4 Å². The van der Waals surface area contributed by atoms with Crippen molar-refractivity contribution in [1.82, 2.24) is 5.32 Å². The molecule has 9 heteroatoms. The Morgan fingerprint density at radius 2 is 1.71 bits per heavy atom. The van der Waals surface area contributed by atoms with E-state index in [1.165, 1.54) is 17.8 Å². The number of carbonyl (C=O) groups excluding carboxylic acids is 3. The van der Waals surface area contributed by atoms with E-state index in [1.54, 1.807) is 73.7 Å². The van der Waals surface area contributed by atoms with Crippen LogP contribution in [-0.4, -0.2) is 30.1 Å². The van der Waals surface area contributed by atoms with Crippen molar-refractivity contribution in [1.29, 1.82) is 0 Å². The molecule has 0 spiro atoms. The summed E-state index contributed by atoms with van der Waals surface area (Å²) in [6, 6.07) is 20.5. The number of esters is 1. The van der Waals surface area contributed by atoms with Crippen molar-refractivity contribution in [2.75, 3.05) is 17.7 Å². The van der Waals surface area contributed by atoms with Crippen molar-refractivity contribution in [3.05, 3.63) is 99.7 Å². The van der Waals surface area contributed by atoms with Crippen LogP contribution in [0.3, 0.4) is 0 Å². The number of anilines is 1. The lowest BCUT2D eigenvalue weighted by molar-refractivity contribution is -0.139. The molecule has 3 aromatic rings. The van der Waals surface area contributed by atoms with Crippen LogP contribution in [0, 0.1) is 0 Å². The second-order valence-corrected chi connectivity index (χ2v) is 8.93. The highest BCUT2D eigenvalue weighted by atomic mass is 35.5. The van der Waals surface area contributed by atoms with Crippen molar-refractivity contribution in [3.8, 4) is 0 Å². The summed E-state index contributed by atoms with van der Waals surface area (Å²) in [7, 11) is 0. The largest absolute Gasteiger partial charge is 0.465 e. The number of thioether (sulfide) groups is 1. The van der Waals surface area contributed by atoms with Gasteiger partial charge in [-0.3, -0.25) is 14.4 Å². The highest BCUT2D eigenvalue weighted by Gasteiger charge is 2.16. The van der Waals surface area contributed by atoms with Gasteiger partial charge >= 0.3 is 5.97 Å². The minimum atomic E-state index is -0.558. The Bertz CT molecular complexity index is 1250. The minimum absolute atomic E-state index is 0.0207. The molecule has 0 aliphatic rings. The third-order valence-corrected chi connectivity index (χ3v) is 6.36. The van der Waals surface area contributed by atoms with Gasteiger partial charge in [-0.1, -0.05) is 59.6 Å². The summed E-state index contributed by atoms with van der Waals surface area (Å²) in [6.45, 7) is 2.06. The van der Waals surface area contributed by atoms with Crippen molar-refractivity contribution < 1.29 is 19.1 Å². The van der Waals surface area contributed by atoms with E-state index < -0.39 is 11.8 Å². The Balaban J connectivity index is 1.83. The van der Waals surface area contributed by atoms with Gasteiger partial charge in [-0.15, -0.1) is 11.8 Å². The Hall–Kier alpha value is -3.26. The zero-order valence-corrected chi connectivity index (χ0v) is 21.0. The van der Waals surface area contributed by atoms with Gasteiger partial charge in [0.2, 0.25) is 0 Å². The molecule has 0 aliphatic carbocycles. The molecule has 0 radical (unpaired) electrons. The molecule has 0 aromatic heterocycles. The van der Waals surface area contributed by atoms with Crippen LogP contribution < -0.4 is 10.6 Å². The van der Waals surface area contributed by atoms with Crippen LogP contribution in [0.25, 0.3) is 6.08 Å². The summed E-state index contributed by atoms with van der Waals surface area (Å²) in [5.74, 6) is -1.18. The van der Waals surface area contributed by atoms with E-state index >= 15 is 0 Å². The summed E-state index contributed by atoms with van der Waals surface area (Å²) in [5.41, 5.74) is 1.32. The highest BCUT2D eigenvalue weighted by Crippen LogP contribution is 2.27. The van der Waals surface area contributed by atoms with Crippen molar-refractivity contribution >= 4 is 64.5 Å². The summed E-state index contributed by atoms with van der Waals surface area (Å²) < 4.78 is 4.94. The minimum Gasteiger partial charge on any atom is -0.465 e. The first-order valence-electron chi connectivity index (χ1n) is 10.6. The molecule has 0 heterocycles. The quantitative estimate of drug-likeness (QED) is 0.200. The van der Waals surface area contributed by atoms with Gasteiger partial charge in [-0.2, -0.15) is 0 Å². The molecule has 0 saturated heterocycles. The molecule has 2 N–H and O–H groups in total. The molecular formula is C26H22Cl2N2O4S. The number of carbonyl (C=O) groups is 3. The highest BCUT2D eigenvalue weighted by molar-refractivity contribution is 8.00. The van der Waals surface area contributed by atoms with Crippen LogP contribution in [0.4, 0.5) is 5.69 Å². The Kier molecular flexibility index (Phi) is 9.78. The molecule has 0 unspecified atom stereocenters. The zero-order chi connectivity index (χ0) is 25.2. The Morgan fingerprint density at radius 1 is 0.971 bits per heavy atom. The topological polar surface area (TPSA) is 84.5 Å². The maximum atomic E-state index is 13.2. The van der Waals surface area contributed by atoms with Gasteiger partial charge in [-0.05, 0) is 55.0 Å². The first-order chi connectivity index (χ1) is 16.9. The van der Waals surface area contributed by atoms with Crippen LogP contribution in [0.5, 0.6) is 0 Å². The Labute approximate surface area is 217 Å². The molecule has 3 rings (SSSR count). The summed E-state index contributed by atoms with van der Waals surface area (Å²) in [4.78, 5) is 38.4. The van der Waals surface area contributed by atoms with E-state index in [1.807, 2.05) is 6.07 Å². The Morgan fingerprint density at radius 3 is 2.46 bits per heavy atom. The number of ether oxygens (including phenoxy) is 1. The number of halogens is 2. The second-order valence-electron chi connectivity index (χ2n) is 7.10.